The molecule has 7 heteroatoms. The number of likely N-dealkylation sites (tertiary alicyclic amines) is 1. The van der Waals surface area contributed by atoms with Crippen LogP contribution in [0.1, 0.15) is 32.3 Å². The normalized spacial score (nSPS) is 20.6. The Kier molecular flexibility index (Phi) is 5.28. The highest BCUT2D eigenvalue weighted by atomic mass is 35.5. The molecule has 1 aromatic rings. The van der Waals surface area contributed by atoms with Gasteiger partial charge in [-0.1, -0.05) is 43.1 Å². The van der Waals surface area contributed by atoms with Crippen LogP contribution in [0, 0.1) is 5.92 Å². The predicted octanol–water partition coefficient (Wildman–Crippen LogP) is 3.54. The van der Waals surface area contributed by atoms with Crippen molar-refractivity contribution in [2.24, 2.45) is 5.92 Å². The summed E-state index contributed by atoms with van der Waals surface area (Å²) < 4.78 is 0. The van der Waals surface area contributed by atoms with Crippen LogP contribution in [0.4, 0.5) is 4.79 Å². The molecule has 2 heterocycles. The van der Waals surface area contributed by atoms with E-state index in [1.165, 1.54) is 4.90 Å². The fraction of sp³-hybridized carbons (Fsp3) is 0.556. The lowest BCUT2D eigenvalue weighted by Gasteiger charge is -2.38. The lowest BCUT2D eigenvalue weighted by Crippen LogP contribution is -2.55. The lowest BCUT2D eigenvalue weighted by atomic mass is 9.87. The fourth-order valence-corrected chi connectivity index (χ4v) is 4.08. The number of carbonyl (C=O) groups excluding carboxylic acids is 2. The van der Waals surface area contributed by atoms with Crippen molar-refractivity contribution in [2.45, 2.75) is 38.8 Å². The Morgan fingerprint density at radius 1 is 1.20 bits per heavy atom. The number of carbonyl (C=O) groups is 2. The van der Waals surface area contributed by atoms with Crippen LogP contribution in [-0.2, 0) is 11.3 Å². The van der Waals surface area contributed by atoms with Crippen LogP contribution >= 0.6 is 23.2 Å². The smallest absolute Gasteiger partial charge is 0.323 e. The van der Waals surface area contributed by atoms with Crippen molar-refractivity contribution in [1.29, 1.82) is 0 Å². The molecule has 0 saturated carbocycles. The van der Waals surface area contributed by atoms with Gasteiger partial charge in [0.25, 0.3) is 5.91 Å². The number of nitrogens with zero attached hydrogens (tertiary/aromatic N) is 2. The molecule has 0 radical (unpaired) electrons. The quantitative estimate of drug-likeness (QED) is 0.808. The van der Waals surface area contributed by atoms with Gasteiger partial charge in [0.05, 0.1) is 6.54 Å². The summed E-state index contributed by atoms with van der Waals surface area (Å²) in [6.45, 7) is 7.19. The number of rotatable bonds is 4. The Balaban J connectivity index is 1.70. The van der Waals surface area contributed by atoms with Crippen molar-refractivity contribution in [1.82, 2.24) is 15.1 Å². The van der Waals surface area contributed by atoms with E-state index in [4.69, 9.17) is 23.2 Å². The van der Waals surface area contributed by atoms with E-state index < -0.39 is 5.54 Å². The fourth-order valence-electron chi connectivity index (χ4n) is 3.61. The second-order valence-electron chi connectivity index (χ2n) is 7.33. The zero-order valence-corrected chi connectivity index (χ0v) is 16.0. The van der Waals surface area contributed by atoms with Crippen LogP contribution < -0.4 is 5.32 Å². The van der Waals surface area contributed by atoms with E-state index in [0.717, 1.165) is 19.6 Å². The van der Waals surface area contributed by atoms with Crippen LogP contribution in [0.2, 0.25) is 10.0 Å². The Morgan fingerprint density at radius 3 is 2.48 bits per heavy atom. The lowest BCUT2D eigenvalue weighted by molar-refractivity contribution is -0.133. The highest BCUT2D eigenvalue weighted by Crippen LogP contribution is 2.32. The second-order valence-corrected chi connectivity index (χ2v) is 8.18. The molecule has 0 bridgehead atoms. The maximum Gasteiger partial charge on any atom is 0.325 e. The van der Waals surface area contributed by atoms with Crippen molar-refractivity contribution in [3.63, 3.8) is 0 Å². The first-order valence-electron chi connectivity index (χ1n) is 8.61. The average Bonchev–Trinajstić information content (AvgIpc) is 2.76. The molecule has 136 valence electrons. The molecule has 1 aromatic carbocycles. The minimum absolute atomic E-state index is 0.146. The van der Waals surface area contributed by atoms with E-state index in [-0.39, 0.29) is 18.5 Å². The van der Waals surface area contributed by atoms with E-state index in [0.29, 0.717) is 34.4 Å². The second kappa shape index (κ2) is 7.14. The molecule has 3 rings (SSSR count). The largest absolute Gasteiger partial charge is 0.325 e. The van der Waals surface area contributed by atoms with E-state index in [2.05, 4.69) is 24.1 Å². The van der Waals surface area contributed by atoms with Gasteiger partial charge in [-0.2, -0.15) is 0 Å². The van der Waals surface area contributed by atoms with E-state index in [9.17, 15) is 9.59 Å². The SMILES string of the molecule is CC(C)CN1CCC2(CC1)NC(=O)N(Cc1ccc(Cl)cc1Cl)C2=O. The first kappa shape index (κ1) is 18.5. The zero-order chi connectivity index (χ0) is 18.2. The molecule has 5 nitrogen and oxygen atoms in total. The van der Waals surface area contributed by atoms with Gasteiger partial charge in [-0.25, -0.2) is 4.79 Å². The third-order valence-electron chi connectivity index (χ3n) is 4.92. The monoisotopic (exact) mass is 383 g/mol. The standard InChI is InChI=1S/C18H23Cl2N3O2/c1-12(2)10-22-7-5-18(6-8-22)16(24)23(17(25)21-18)11-13-3-4-14(19)9-15(13)20/h3-4,9,12H,5-8,10-11H2,1-2H3,(H,21,25). The first-order valence-corrected chi connectivity index (χ1v) is 9.37. The number of hydrogen-bond donors (Lipinski definition) is 1. The van der Waals surface area contributed by atoms with E-state index in [1.54, 1.807) is 18.2 Å². The van der Waals surface area contributed by atoms with Gasteiger partial charge in [0.1, 0.15) is 5.54 Å². The Morgan fingerprint density at radius 2 is 1.88 bits per heavy atom. The number of piperidine rings is 1. The van der Waals surface area contributed by atoms with E-state index in [1.807, 2.05) is 0 Å². The third-order valence-corrected chi connectivity index (χ3v) is 5.51. The molecule has 1 spiro atoms. The molecule has 25 heavy (non-hydrogen) atoms. The third kappa shape index (κ3) is 3.78. The summed E-state index contributed by atoms with van der Waals surface area (Å²) in [6.07, 6.45) is 1.30. The predicted molar refractivity (Wildman–Crippen MR) is 98.8 cm³/mol. The number of halogens is 2. The molecule has 0 aromatic heterocycles. The summed E-state index contributed by atoms with van der Waals surface area (Å²) in [7, 11) is 0. The number of benzene rings is 1. The van der Waals surface area contributed by atoms with Crippen molar-refractivity contribution in [2.75, 3.05) is 19.6 Å². The molecule has 1 N–H and O–H groups in total. The van der Waals surface area contributed by atoms with Gasteiger partial charge in [-0.15, -0.1) is 0 Å². The zero-order valence-electron chi connectivity index (χ0n) is 14.5. The van der Waals surface area contributed by atoms with Crippen molar-refractivity contribution in [3.8, 4) is 0 Å². The highest BCUT2D eigenvalue weighted by molar-refractivity contribution is 6.35. The summed E-state index contributed by atoms with van der Waals surface area (Å²) >= 11 is 12.1. The number of imide groups is 1. The Labute approximate surface area is 158 Å². The number of nitrogens with one attached hydrogen (secondary N) is 1. The molecule has 2 aliphatic heterocycles. The Bertz CT molecular complexity index is 685. The topological polar surface area (TPSA) is 52.7 Å². The van der Waals surface area contributed by atoms with Crippen LogP contribution in [0.15, 0.2) is 18.2 Å². The van der Waals surface area contributed by atoms with Crippen LogP contribution in [-0.4, -0.2) is 46.9 Å². The molecule has 2 fully saturated rings. The van der Waals surface area contributed by atoms with Gasteiger partial charge < -0.3 is 10.2 Å². The minimum atomic E-state index is -0.760. The Hall–Kier alpha value is -1.30. The minimum Gasteiger partial charge on any atom is -0.323 e. The molecule has 0 unspecified atom stereocenters. The van der Waals surface area contributed by atoms with Crippen molar-refractivity contribution < 1.29 is 9.59 Å². The molecule has 2 saturated heterocycles. The van der Waals surface area contributed by atoms with Crippen LogP contribution in [0.5, 0.6) is 0 Å². The van der Waals surface area contributed by atoms with Gasteiger partial charge in [0.2, 0.25) is 0 Å². The summed E-state index contributed by atoms with van der Waals surface area (Å²) in [5, 5.41) is 3.92. The van der Waals surface area contributed by atoms with Crippen molar-refractivity contribution >= 4 is 35.1 Å². The molecule has 3 amide bonds. The van der Waals surface area contributed by atoms with Crippen LogP contribution in [0.3, 0.4) is 0 Å². The van der Waals surface area contributed by atoms with E-state index >= 15 is 0 Å². The van der Waals surface area contributed by atoms with Crippen LogP contribution in [0.25, 0.3) is 0 Å². The molecular formula is C18H23Cl2N3O2. The van der Waals surface area contributed by atoms with Gasteiger partial charge in [-0.3, -0.25) is 9.69 Å². The molecule has 0 atom stereocenters. The summed E-state index contributed by atoms with van der Waals surface area (Å²) in [4.78, 5) is 29.0. The maximum absolute atomic E-state index is 13.0. The number of hydrogen-bond acceptors (Lipinski definition) is 3. The highest BCUT2D eigenvalue weighted by Gasteiger charge is 2.52. The van der Waals surface area contributed by atoms with Crippen molar-refractivity contribution in [3.05, 3.63) is 33.8 Å². The number of amides is 3. The van der Waals surface area contributed by atoms with Gasteiger partial charge in [-0.05, 0) is 36.5 Å². The molecular weight excluding hydrogens is 361 g/mol. The first-order chi connectivity index (χ1) is 11.8. The maximum atomic E-state index is 13.0. The van der Waals surface area contributed by atoms with Gasteiger partial charge >= 0.3 is 6.03 Å². The summed E-state index contributed by atoms with van der Waals surface area (Å²) in [6, 6.07) is 4.74. The van der Waals surface area contributed by atoms with Gasteiger partial charge in [0.15, 0.2) is 0 Å². The summed E-state index contributed by atoms with van der Waals surface area (Å²) in [5.41, 5.74) is -0.0485. The summed E-state index contributed by atoms with van der Waals surface area (Å²) in [5.74, 6) is 0.444. The number of urea groups is 1. The van der Waals surface area contributed by atoms with Gasteiger partial charge in [0, 0.05) is 29.7 Å². The average molecular weight is 384 g/mol. The molecule has 2 aliphatic rings. The molecule has 0 aliphatic carbocycles.